The van der Waals surface area contributed by atoms with Crippen molar-refractivity contribution < 1.29 is 20.1 Å². The molecule has 0 saturated carbocycles. The van der Waals surface area contributed by atoms with Gasteiger partial charge in [-0.1, -0.05) is 17.8 Å². The van der Waals surface area contributed by atoms with Crippen LogP contribution in [0.15, 0.2) is 18.2 Å². The first kappa shape index (κ1) is 11.9. The minimum atomic E-state index is -1.08. The van der Waals surface area contributed by atoms with E-state index < -0.39 is 6.10 Å². The average Bonchev–Trinajstić information content (AvgIpc) is 2.22. The van der Waals surface area contributed by atoms with Crippen molar-refractivity contribution in [2.75, 3.05) is 6.26 Å². The lowest BCUT2D eigenvalue weighted by molar-refractivity contribution is -0.118. The molecule has 0 heterocycles. The third-order valence-electron chi connectivity index (χ3n) is 1.94. The second-order valence-electron chi connectivity index (χ2n) is 3.07. The van der Waals surface area contributed by atoms with Gasteiger partial charge >= 0.3 is 0 Å². The van der Waals surface area contributed by atoms with Gasteiger partial charge < -0.3 is 15.3 Å². The number of phenolic OH excluding ortho intramolecular Hbond substituents is 2. The predicted octanol–water partition coefficient (Wildman–Crippen LogP) is 0.891. The van der Waals surface area contributed by atoms with Crippen molar-refractivity contribution in [3.63, 3.8) is 0 Å². The molecular formula is C10H12O4S. The molecule has 1 aromatic rings. The Hall–Kier alpha value is -1.20. The number of phenols is 2. The molecule has 3 N–H and O–H groups in total. The Morgan fingerprint density at radius 2 is 2.07 bits per heavy atom. The molecule has 1 rings (SSSR count). The van der Waals surface area contributed by atoms with Crippen LogP contribution in [0.5, 0.6) is 11.5 Å². The fourth-order valence-electron chi connectivity index (χ4n) is 1.14. The highest BCUT2D eigenvalue weighted by Crippen LogP contribution is 2.25. The molecule has 0 unspecified atom stereocenters. The summed E-state index contributed by atoms with van der Waals surface area (Å²) in [5.74, 6) is -0.472. The molecule has 0 amide bonds. The van der Waals surface area contributed by atoms with Crippen molar-refractivity contribution in [2.24, 2.45) is 0 Å². The Morgan fingerprint density at radius 1 is 1.40 bits per heavy atom. The zero-order valence-electron chi connectivity index (χ0n) is 8.17. The summed E-state index contributed by atoms with van der Waals surface area (Å²) in [4.78, 5) is 11.1. The van der Waals surface area contributed by atoms with Gasteiger partial charge in [-0.3, -0.25) is 4.79 Å². The van der Waals surface area contributed by atoms with E-state index in [0.717, 1.165) is 11.8 Å². The third-order valence-corrected chi connectivity index (χ3v) is 2.62. The molecule has 0 radical (unpaired) electrons. The molecule has 0 aliphatic rings. The second kappa shape index (κ2) is 5.04. The smallest absolute Gasteiger partial charge is 0.217 e. The van der Waals surface area contributed by atoms with E-state index in [-0.39, 0.29) is 23.0 Å². The Morgan fingerprint density at radius 3 is 2.60 bits per heavy atom. The second-order valence-corrected chi connectivity index (χ2v) is 3.88. The molecule has 0 spiro atoms. The molecular weight excluding hydrogens is 216 g/mol. The lowest BCUT2D eigenvalue weighted by Crippen LogP contribution is -2.19. The maximum Gasteiger partial charge on any atom is 0.217 e. The van der Waals surface area contributed by atoms with Crippen LogP contribution in [0.1, 0.15) is 5.56 Å². The lowest BCUT2D eigenvalue weighted by atomic mass is 10.1. The van der Waals surface area contributed by atoms with Gasteiger partial charge in [0, 0.05) is 6.42 Å². The Balaban J connectivity index is 2.73. The van der Waals surface area contributed by atoms with Gasteiger partial charge in [-0.05, 0) is 24.0 Å². The van der Waals surface area contributed by atoms with Crippen molar-refractivity contribution >= 4 is 16.9 Å². The van der Waals surface area contributed by atoms with Crippen LogP contribution < -0.4 is 0 Å². The van der Waals surface area contributed by atoms with Gasteiger partial charge in [-0.2, -0.15) is 0 Å². The van der Waals surface area contributed by atoms with E-state index >= 15 is 0 Å². The molecule has 5 heteroatoms. The van der Waals surface area contributed by atoms with Gasteiger partial charge in [0.1, 0.15) is 6.10 Å². The third kappa shape index (κ3) is 3.14. The van der Waals surface area contributed by atoms with E-state index in [1.54, 1.807) is 12.3 Å². The average molecular weight is 228 g/mol. The van der Waals surface area contributed by atoms with E-state index in [9.17, 15) is 15.0 Å². The molecule has 0 aromatic heterocycles. The number of thioether (sulfide) groups is 1. The Bertz CT molecular complexity index is 364. The number of aliphatic hydroxyl groups is 1. The Labute approximate surface area is 91.6 Å². The SMILES string of the molecule is CSC(=O)[C@@H](O)Cc1ccc(O)c(O)c1. The molecule has 0 aliphatic carbocycles. The zero-order valence-corrected chi connectivity index (χ0v) is 8.99. The van der Waals surface area contributed by atoms with E-state index in [4.69, 9.17) is 5.11 Å². The van der Waals surface area contributed by atoms with Gasteiger partial charge in [0.25, 0.3) is 0 Å². The molecule has 4 nitrogen and oxygen atoms in total. The maximum atomic E-state index is 11.1. The minimum Gasteiger partial charge on any atom is -0.504 e. The highest BCUT2D eigenvalue weighted by molar-refractivity contribution is 8.13. The molecule has 0 saturated heterocycles. The molecule has 0 fully saturated rings. The number of aromatic hydroxyl groups is 2. The monoisotopic (exact) mass is 228 g/mol. The van der Waals surface area contributed by atoms with E-state index in [1.165, 1.54) is 12.1 Å². The van der Waals surface area contributed by atoms with Crippen LogP contribution in [0.4, 0.5) is 0 Å². The molecule has 15 heavy (non-hydrogen) atoms. The quantitative estimate of drug-likeness (QED) is 0.670. The number of carbonyl (C=O) groups is 1. The fourth-order valence-corrected chi connectivity index (χ4v) is 1.49. The van der Waals surface area contributed by atoms with Crippen LogP contribution in [-0.4, -0.2) is 32.8 Å². The number of hydrogen-bond acceptors (Lipinski definition) is 5. The van der Waals surface area contributed by atoms with E-state index in [0.29, 0.717) is 5.56 Å². The normalized spacial score (nSPS) is 12.4. The minimum absolute atomic E-state index is 0.132. The van der Waals surface area contributed by atoms with E-state index in [1.807, 2.05) is 0 Å². The van der Waals surface area contributed by atoms with Gasteiger partial charge in [0.15, 0.2) is 11.5 Å². The highest BCUT2D eigenvalue weighted by Gasteiger charge is 2.14. The van der Waals surface area contributed by atoms with Crippen LogP contribution in [0, 0.1) is 0 Å². The number of aliphatic hydroxyl groups excluding tert-OH is 1. The van der Waals surface area contributed by atoms with Gasteiger partial charge in [0.05, 0.1) is 0 Å². The summed E-state index contributed by atoms with van der Waals surface area (Å²) in [6.45, 7) is 0. The summed E-state index contributed by atoms with van der Waals surface area (Å²) >= 11 is 0.959. The van der Waals surface area contributed by atoms with Crippen molar-refractivity contribution in [1.29, 1.82) is 0 Å². The zero-order chi connectivity index (χ0) is 11.4. The predicted molar refractivity (Wildman–Crippen MR) is 58.0 cm³/mol. The number of carbonyl (C=O) groups excluding carboxylic acids is 1. The van der Waals surface area contributed by atoms with Crippen LogP contribution >= 0.6 is 11.8 Å². The summed E-state index contributed by atoms with van der Waals surface area (Å²) < 4.78 is 0. The first-order chi connectivity index (χ1) is 7.04. The topological polar surface area (TPSA) is 77.8 Å². The largest absolute Gasteiger partial charge is 0.504 e. The lowest BCUT2D eigenvalue weighted by Gasteiger charge is -2.08. The number of benzene rings is 1. The van der Waals surface area contributed by atoms with Crippen LogP contribution in [-0.2, 0) is 11.2 Å². The van der Waals surface area contributed by atoms with Gasteiger partial charge in [0.2, 0.25) is 5.12 Å². The molecule has 82 valence electrons. The standard InChI is InChI=1S/C10H12O4S/c1-15-10(14)9(13)5-6-2-3-7(11)8(12)4-6/h2-4,9,11-13H,5H2,1H3/t9-/m0/s1. The highest BCUT2D eigenvalue weighted by atomic mass is 32.2. The van der Waals surface area contributed by atoms with Crippen LogP contribution in [0.25, 0.3) is 0 Å². The summed E-state index contributed by atoms with van der Waals surface area (Å²) in [7, 11) is 0. The molecule has 0 bridgehead atoms. The van der Waals surface area contributed by atoms with Gasteiger partial charge in [-0.25, -0.2) is 0 Å². The first-order valence-electron chi connectivity index (χ1n) is 4.31. The van der Waals surface area contributed by atoms with Crippen LogP contribution in [0.3, 0.4) is 0 Å². The van der Waals surface area contributed by atoms with Crippen molar-refractivity contribution in [3.05, 3.63) is 23.8 Å². The Kier molecular flexibility index (Phi) is 3.99. The summed E-state index contributed by atoms with van der Waals surface area (Å²) in [6.07, 6.45) is 0.650. The molecule has 0 aliphatic heterocycles. The summed E-state index contributed by atoms with van der Waals surface area (Å²) in [5.41, 5.74) is 0.597. The summed E-state index contributed by atoms with van der Waals surface area (Å²) in [5, 5.41) is 27.3. The van der Waals surface area contributed by atoms with Crippen molar-refractivity contribution in [3.8, 4) is 11.5 Å². The number of hydrogen-bond donors (Lipinski definition) is 3. The van der Waals surface area contributed by atoms with Gasteiger partial charge in [-0.15, -0.1) is 0 Å². The van der Waals surface area contributed by atoms with Crippen molar-refractivity contribution in [1.82, 2.24) is 0 Å². The number of rotatable bonds is 3. The summed E-state index contributed by atoms with van der Waals surface area (Å²) in [6, 6.07) is 4.19. The maximum absolute atomic E-state index is 11.1. The fraction of sp³-hybridized carbons (Fsp3) is 0.300. The van der Waals surface area contributed by atoms with E-state index in [2.05, 4.69) is 0 Å². The molecule has 1 atom stereocenters. The first-order valence-corrected chi connectivity index (χ1v) is 5.54. The van der Waals surface area contributed by atoms with Crippen molar-refractivity contribution in [2.45, 2.75) is 12.5 Å². The van der Waals surface area contributed by atoms with Crippen LogP contribution in [0.2, 0.25) is 0 Å². The molecule has 1 aromatic carbocycles.